The van der Waals surface area contributed by atoms with Crippen LogP contribution in [0.15, 0.2) is 47.4 Å². The van der Waals surface area contributed by atoms with Gasteiger partial charge in [0.05, 0.1) is 10.2 Å². The van der Waals surface area contributed by atoms with Gasteiger partial charge in [0.1, 0.15) is 10.6 Å². The number of rotatable bonds is 9. The van der Waals surface area contributed by atoms with E-state index < -0.39 is 10.1 Å². The van der Waals surface area contributed by atoms with Gasteiger partial charge in [0.25, 0.3) is 0 Å². The second-order valence-corrected chi connectivity index (χ2v) is 11.5. The third kappa shape index (κ3) is 6.46. The van der Waals surface area contributed by atoms with E-state index in [9.17, 15) is 13.2 Å². The molecule has 1 aromatic heterocycles. The predicted molar refractivity (Wildman–Crippen MR) is 136 cm³/mol. The summed E-state index contributed by atoms with van der Waals surface area (Å²) in [7, 11) is -3.98. The van der Waals surface area contributed by atoms with E-state index in [1.807, 2.05) is 0 Å². The molecule has 4 rings (SSSR count). The van der Waals surface area contributed by atoms with Gasteiger partial charge in [-0.3, -0.25) is 4.79 Å². The molecular weight excluding hydrogens is 472 g/mol. The molecule has 1 fully saturated rings. The number of nitrogens with one attached hydrogen (secondary N) is 3. The predicted octanol–water partition coefficient (Wildman–Crippen LogP) is 4.46. The number of aromatic nitrogens is 1. The number of hydrogen-bond acceptors (Lipinski definition) is 8. The van der Waals surface area contributed by atoms with Gasteiger partial charge in [0.15, 0.2) is 5.13 Å². The number of anilines is 2. The molecule has 1 saturated heterocycles. The number of carbonyl (C=O) groups is 1. The Bertz CT molecular complexity index is 1230. The van der Waals surface area contributed by atoms with E-state index in [1.165, 1.54) is 23.5 Å². The molecule has 3 aromatic rings. The fourth-order valence-corrected chi connectivity index (χ4v) is 5.60. The van der Waals surface area contributed by atoms with Gasteiger partial charge in [-0.1, -0.05) is 25.2 Å². The van der Waals surface area contributed by atoms with Gasteiger partial charge >= 0.3 is 10.1 Å². The van der Waals surface area contributed by atoms with Crippen molar-refractivity contribution in [3.63, 3.8) is 0 Å². The normalized spacial score (nSPS) is 14.9. The summed E-state index contributed by atoms with van der Waals surface area (Å²) in [5.41, 5.74) is 1.53. The SMILES string of the molecule is CC(C)CNc1ccc(S(=O)(=O)Oc2ccc3nc(NC(=O)CC4CCNCC4)sc3c2)cc1. The first-order chi connectivity index (χ1) is 16.3. The number of piperidine rings is 1. The molecule has 0 saturated carbocycles. The smallest absolute Gasteiger partial charge is 0.339 e. The van der Waals surface area contributed by atoms with Crippen molar-refractivity contribution in [3.8, 4) is 5.75 Å². The summed E-state index contributed by atoms with van der Waals surface area (Å²) in [6.45, 7) is 6.91. The quantitative estimate of drug-likeness (QED) is 0.371. The van der Waals surface area contributed by atoms with Gasteiger partial charge in [-0.25, -0.2) is 4.98 Å². The largest absolute Gasteiger partial charge is 0.385 e. The van der Waals surface area contributed by atoms with Crippen LogP contribution in [-0.2, 0) is 14.9 Å². The highest BCUT2D eigenvalue weighted by molar-refractivity contribution is 7.87. The molecule has 2 aromatic carbocycles. The first kappa shape index (κ1) is 24.4. The molecule has 0 bridgehead atoms. The summed E-state index contributed by atoms with van der Waals surface area (Å²) in [6, 6.07) is 11.4. The Morgan fingerprint density at radius 3 is 2.62 bits per heavy atom. The average molecular weight is 503 g/mol. The van der Waals surface area contributed by atoms with Crippen LogP contribution in [0.5, 0.6) is 5.75 Å². The van der Waals surface area contributed by atoms with E-state index >= 15 is 0 Å². The standard InChI is InChI=1S/C24H30N4O4S2/c1-16(2)15-26-18-3-6-20(7-4-18)34(30,31)32-19-5-8-21-22(14-19)33-24(27-21)28-23(29)13-17-9-11-25-12-10-17/h3-8,14,16-17,25-26H,9-13,15H2,1-2H3,(H,27,28,29). The molecule has 8 nitrogen and oxygen atoms in total. The lowest BCUT2D eigenvalue weighted by atomic mass is 9.94. The van der Waals surface area contributed by atoms with Crippen LogP contribution in [0.2, 0.25) is 0 Å². The van der Waals surface area contributed by atoms with Crippen molar-refractivity contribution in [1.29, 1.82) is 0 Å². The fraction of sp³-hybridized carbons (Fsp3) is 0.417. The molecule has 2 heterocycles. The Kier molecular flexibility index (Phi) is 7.70. The minimum Gasteiger partial charge on any atom is -0.385 e. The van der Waals surface area contributed by atoms with Crippen LogP contribution in [0.1, 0.15) is 33.1 Å². The Hall–Kier alpha value is -2.69. The van der Waals surface area contributed by atoms with Crippen molar-refractivity contribution >= 4 is 48.4 Å². The van der Waals surface area contributed by atoms with Gasteiger partial charge in [-0.05, 0) is 74.2 Å². The molecule has 0 unspecified atom stereocenters. The maximum Gasteiger partial charge on any atom is 0.339 e. The molecular formula is C24H30N4O4S2. The van der Waals surface area contributed by atoms with Crippen LogP contribution in [0, 0.1) is 11.8 Å². The number of nitrogens with zero attached hydrogens (tertiary/aromatic N) is 1. The Labute approximate surface area is 204 Å². The number of fused-ring (bicyclic) bond motifs is 1. The van der Waals surface area contributed by atoms with E-state index in [2.05, 4.69) is 34.8 Å². The second-order valence-electron chi connectivity index (χ2n) is 8.93. The molecule has 0 atom stereocenters. The summed E-state index contributed by atoms with van der Waals surface area (Å²) >= 11 is 1.29. The average Bonchev–Trinajstić information content (AvgIpc) is 3.19. The third-order valence-electron chi connectivity index (χ3n) is 5.60. The number of thiazole rings is 1. The van der Waals surface area contributed by atoms with Crippen molar-refractivity contribution in [2.45, 2.75) is 38.0 Å². The molecule has 3 N–H and O–H groups in total. The lowest BCUT2D eigenvalue weighted by Gasteiger charge is -2.21. The third-order valence-corrected chi connectivity index (χ3v) is 7.80. The van der Waals surface area contributed by atoms with Gasteiger partial charge < -0.3 is 20.1 Å². The molecule has 0 radical (unpaired) electrons. The zero-order valence-electron chi connectivity index (χ0n) is 19.3. The number of benzene rings is 2. The summed E-state index contributed by atoms with van der Waals surface area (Å²) in [5.74, 6) is 1.03. The second kappa shape index (κ2) is 10.7. The van der Waals surface area contributed by atoms with Crippen LogP contribution in [-0.4, -0.2) is 38.9 Å². The maximum atomic E-state index is 12.7. The Morgan fingerprint density at radius 2 is 1.91 bits per heavy atom. The minimum absolute atomic E-state index is 0.0451. The molecule has 1 amide bonds. The molecule has 34 heavy (non-hydrogen) atoms. The van der Waals surface area contributed by atoms with Crippen LogP contribution in [0.3, 0.4) is 0 Å². The van der Waals surface area contributed by atoms with Crippen LogP contribution in [0.25, 0.3) is 10.2 Å². The van der Waals surface area contributed by atoms with Crippen molar-refractivity contribution in [1.82, 2.24) is 10.3 Å². The zero-order chi connectivity index (χ0) is 24.1. The van der Waals surface area contributed by atoms with Gasteiger partial charge in [-0.15, -0.1) is 0 Å². The lowest BCUT2D eigenvalue weighted by Crippen LogP contribution is -2.30. The van der Waals surface area contributed by atoms with E-state index in [4.69, 9.17) is 4.18 Å². The Balaban J connectivity index is 1.40. The molecule has 1 aliphatic rings. The molecule has 0 spiro atoms. The fourth-order valence-electron chi connectivity index (χ4n) is 3.76. The number of amides is 1. The van der Waals surface area contributed by atoms with Gasteiger partial charge in [0.2, 0.25) is 5.91 Å². The van der Waals surface area contributed by atoms with E-state index in [0.29, 0.717) is 28.9 Å². The first-order valence-electron chi connectivity index (χ1n) is 11.5. The number of carbonyl (C=O) groups excluding carboxylic acids is 1. The Morgan fingerprint density at radius 1 is 1.18 bits per heavy atom. The highest BCUT2D eigenvalue weighted by Gasteiger charge is 2.19. The maximum absolute atomic E-state index is 12.7. The van der Waals surface area contributed by atoms with Gasteiger partial charge in [-0.2, -0.15) is 8.42 Å². The monoisotopic (exact) mass is 502 g/mol. The summed E-state index contributed by atoms with van der Waals surface area (Å²) < 4.78 is 31.6. The van der Waals surface area contributed by atoms with Crippen LogP contribution < -0.4 is 20.1 Å². The summed E-state index contributed by atoms with van der Waals surface area (Å²) in [6.07, 6.45) is 2.48. The summed E-state index contributed by atoms with van der Waals surface area (Å²) in [4.78, 5) is 16.9. The van der Waals surface area contributed by atoms with Crippen LogP contribution >= 0.6 is 11.3 Å². The molecule has 1 aliphatic heterocycles. The molecule has 10 heteroatoms. The zero-order valence-corrected chi connectivity index (χ0v) is 21.0. The lowest BCUT2D eigenvalue weighted by molar-refractivity contribution is -0.117. The highest BCUT2D eigenvalue weighted by atomic mass is 32.2. The molecule has 0 aliphatic carbocycles. The van der Waals surface area contributed by atoms with E-state index in [-0.39, 0.29) is 16.6 Å². The molecule has 182 valence electrons. The van der Waals surface area contributed by atoms with Crippen LogP contribution in [0.4, 0.5) is 10.8 Å². The summed E-state index contributed by atoms with van der Waals surface area (Å²) in [5, 5.41) is 9.93. The van der Waals surface area contributed by atoms with Crippen molar-refractivity contribution in [2.75, 3.05) is 30.3 Å². The van der Waals surface area contributed by atoms with Crippen molar-refractivity contribution < 1.29 is 17.4 Å². The van der Waals surface area contributed by atoms with Crippen molar-refractivity contribution in [2.24, 2.45) is 11.8 Å². The van der Waals surface area contributed by atoms with Crippen molar-refractivity contribution in [3.05, 3.63) is 42.5 Å². The minimum atomic E-state index is -3.98. The highest BCUT2D eigenvalue weighted by Crippen LogP contribution is 2.31. The first-order valence-corrected chi connectivity index (χ1v) is 13.7. The van der Waals surface area contributed by atoms with E-state index in [0.717, 1.165) is 42.9 Å². The van der Waals surface area contributed by atoms with E-state index in [1.54, 1.807) is 30.3 Å². The van der Waals surface area contributed by atoms with Gasteiger partial charge in [0, 0.05) is 24.7 Å². The number of hydrogen-bond donors (Lipinski definition) is 3. The topological polar surface area (TPSA) is 109 Å².